The van der Waals surface area contributed by atoms with Gasteiger partial charge in [0.15, 0.2) is 5.82 Å². The van der Waals surface area contributed by atoms with Gasteiger partial charge in [-0.15, -0.1) is 0 Å². The summed E-state index contributed by atoms with van der Waals surface area (Å²) >= 11 is 0. The minimum atomic E-state index is -0.327. The molecule has 0 aliphatic carbocycles. The molecule has 0 aliphatic heterocycles. The summed E-state index contributed by atoms with van der Waals surface area (Å²) in [6.45, 7) is 6.95. The van der Waals surface area contributed by atoms with Crippen LogP contribution < -0.4 is 16.4 Å². The molecule has 2 amide bonds. The summed E-state index contributed by atoms with van der Waals surface area (Å²) in [5.41, 5.74) is 7.48. The molecule has 0 unspecified atom stereocenters. The fourth-order valence-corrected chi connectivity index (χ4v) is 1.90. The van der Waals surface area contributed by atoms with Crippen LogP contribution in [-0.4, -0.2) is 11.2 Å². The first-order chi connectivity index (χ1) is 10.4. The van der Waals surface area contributed by atoms with E-state index in [0.29, 0.717) is 18.9 Å². The molecule has 6 nitrogen and oxygen atoms in total. The van der Waals surface area contributed by atoms with E-state index in [-0.39, 0.29) is 11.4 Å². The van der Waals surface area contributed by atoms with Gasteiger partial charge in [0.05, 0.1) is 0 Å². The fourth-order valence-electron chi connectivity index (χ4n) is 1.90. The Balaban J connectivity index is 1.89. The number of hydrogen-bond donors (Lipinski definition) is 3. The van der Waals surface area contributed by atoms with Crippen molar-refractivity contribution in [2.24, 2.45) is 5.73 Å². The van der Waals surface area contributed by atoms with Gasteiger partial charge in [-0.3, -0.25) is 5.32 Å². The van der Waals surface area contributed by atoms with E-state index in [1.165, 1.54) is 0 Å². The van der Waals surface area contributed by atoms with Crippen LogP contribution in [0.2, 0.25) is 0 Å². The predicted molar refractivity (Wildman–Crippen MR) is 85.4 cm³/mol. The third-order valence-electron chi connectivity index (χ3n) is 3.17. The molecule has 1 aromatic carbocycles. The van der Waals surface area contributed by atoms with E-state index in [0.717, 1.165) is 16.9 Å². The third-order valence-corrected chi connectivity index (χ3v) is 3.17. The number of carbonyl (C=O) groups excluding carboxylic acids is 1. The summed E-state index contributed by atoms with van der Waals surface area (Å²) in [6, 6.07) is 9.18. The summed E-state index contributed by atoms with van der Waals surface area (Å²) in [4.78, 5) is 11.9. The van der Waals surface area contributed by atoms with Gasteiger partial charge >= 0.3 is 6.03 Å². The number of carbonyl (C=O) groups is 1. The second kappa shape index (κ2) is 6.62. The summed E-state index contributed by atoms with van der Waals surface area (Å²) in [5, 5.41) is 9.27. The molecule has 22 heavy (non-hydrogen) atoms. The van der Waals surface area contributed by atoms with Gasteiger partial charge in [0.2, 0.25) is 0 Å². The van der Waals surface area contributed by atoms with Crippen molar-refractivity contribution in [3.05, 3.63) is 47.2 Å². The molecule has 0 saturated carbocycles. The molecule has 2 aromatic rings. The van der Waals surface area contributed by atoms with Crippen molar-refractivity contribution in [2.45, 2.75) is 39.3 Å². The lowest BCUT2D eigenvalue weighted by Crippen LogP contribution is -2.28. The number of amides is 2. The zero-order valence-corrected chi connectivity index (χ0v) is 13.1. The highest BCUT2D eigenvalue weighted by atomic mass is 16.5. The van der Waals surface area contributed by atoms with Crippen LogP contribution in [0, 0.1) is 0 Å². The monoisotopic (exact) mass is 302 g/mol. The van der Waals surface area contributed by atoms with Crippen LogP contribution in [0.15, 0.2) is 34.9 Å². The molecule has 0 aliphatic rings. The van der Waals surface area contributed by atoms with Crippen molar-refractivity contribution >= 4 is 11.8 Å². The number of benzene rings is 1. The number of nitrogens with two attached hydrogens (primary N) is 1. The van der Waals surface area contributed by atoms with Gasteiger partial charge in [-0.2, -0.15) is 0 Å². The lowest BCUT2D eigenvalue weighted by atomic mass is 9.93. The second-order valence-electron chi connectivity index (χ2n) is 6.16. The first kappa shape index (κ1) is 16.0. The zero-order chi connectivity index (χ0) is 16.2. The SMILES string of the molecule is CC(C)(C)c1cc(NC(=O)NCc2cccc(CN)c2)no1. The smallest absolute Gasteiger partial charge is 0.320 e. The van der Waals surface area contributed by atoms with E-state index >= 15 is 0 Å². The van der Waals surface area contributed by atoms with Crippen LogP contribution in [0.3, 0.4) is 0 Å². The molecule has 118 valence electrons. The largest absolute Gasteiger partial charge is 0.359 e. The molecule has 1 aromatic heterocycles. The molecule has 6 heteroatoms. The molecule has 4 N–H and O–H groups in total. The molecule has 0 bridgehead atoms. The molecule has 0 radical (unpaired) electrons. The van der Waals surface area contributed by atoms with Crippen molar-refractivity contribution in [2.75, 3.05) is 5.32 Å². The number of nitrogens with zero attached hydrogens (tertiary/aromatic N) is 1. The van der Waals surface area contributed by atoms with Crippen LogP contribution in [0.1, 0.15) is 37.7 Å². The van der Waals surface area contributed by atoms with Gasteiger partial charge in [-0.05, 0) is 11.1 Å². The van der Waals surface area contributed by atoms with Gasteiger partial charge in [-0.1, -0.05) is 50.2 Å². The maximum absolute atomic E-state index is 11.9. The van der Waals surface area contributed by atoms with E-state index in [2.05, 4.69) is 15.8 Å². The number of anilines is 1. The van der Waals surface area contributed by atoms with Gasteiger partial charge < -0.3 is 15.6 Å². The molecule has 0 spiro atoms. The van der Waals surface area contributed by atoms with Gasteiger partial charge in [0.1, 0.15) is 5.76 Å². The van der Waals surface area contributed by atoms with Crippen molar-refractivity contribution in [1.29, 1.82) is 0 Å². The van der Waals surface area contributed by atoms with E-state index < -0.39 is 0 Å². The standard InChI is InChI=1S/C16H22N4O2/c1-16(2,3)13-8-14(20-22-13)19-15(21)18-10-12-6-4-5-11(7-12)9-17/h4-8H,9-10,17H2,1-3H3,(H2,18,19,20,21). The number of nitrogens with one attached hydrogen (secondary N) is 2. The number of rotatable bonds is 4. The van der Waals surface area contributed by atoms with E-state index in [4.69, 9.17) is 10.3 Å². The topological polar surface area (TPSA) is 93.2 Å². The highest BCUT2D eigenvalue weighted by Gasteiger charge is 2.20. The Morgan fingerprint density at radius 3 is 2.64 bits per heavy atom. The van der Waals surface area contributed by atoms with E-state index in [1.54, 1.807) is 6.07 Å². The zero-order valence-electron chi connectivity index (χ0n) is 13.1. The first-order valence-corrected chi connectivity index (χ1v) is 7.18. The molecule has 2 rings (SSSR count). The number of urea groups is 1. The van der Waals surface area contributed by atoms with Crippen molar-refractivity contribution in [3.63, 3.8) is 0 Å². The average molecular weight is 302 g/mol. The Bertz CT molecular complexity index is 644. The fraction of sp³-hybridized carbons (Fsp3) is 0.375. The lowest BCUT2D eigenvalue weighted by molar-refractivity contribution is 0.251. The summed E-state index contributed by atoms with van der Waals surface area (Å²) in [5.74, 6) is 1.12. The Hall–Kier alpha value is -2.34. The summed E-state index contributed by atoms with van der Waals surface area (Å²) in [6.07, 6.45) is 0. The van der Waals surface area contributed by atoms with Crippen LogP contribution in [-0.2, 0) is 18.5 Å². The highest BCUT2D eigenvalue weighted by Crippen LogP contribution is 2.24. The van der Waals surface area contributed by atoms with Crippen molar-refractivity contribution < 1.29 is 9.32 Å². The van der Waals surface area contributed by atoms with Crippen LogP contribution in [0.5, 0.6) is 0 Å². The predicted octanol–water partition coefficient (Wildman–Crippen LogP) is 2.75. The average Bonchev–Trinajstić information content (AvgIpc) is 2.94. The van der Waals surface area contributed by atoms with Gasteiger partial charge in [0.25, 0.3) is 0 Å². The van der Waals surface area contributed by atoms with Crippen LogP contribution in [0.25, 0.3) is 0 Å². The summed E-state index contributed by atoms with van der Waals surface area (Å²) in [7, 11) is 0. The molecule has 1 heterocycles. The summed E-state index contributed by atoms with van der Waals surface area (Å²) < 4.78 is 5.22. The minimum Gasteiger partial charge on any atom is -0.359 e. The Morgan fingerprint density at radius 2 is 2.00 bits per heavy atom. The maximum Gasteiger partial charge on any atom is 0.320 e. The first-order valence-electron chi connectivity index (χ1n) is 7.18. The van der Waals surface area contributed by atoms with E-state index in [1.807, 2.05) is 45.0 Å². The van der Waals surface area contributed by atoms with Crippen molar-refractivity contribution in [3.8, 4) is 0 Å². The number of aromatic nitrogens is 1. The van der Waals surface area contributed by atoms with Crippen LogP contribution >= 0.6 is 0 Å². The normalized spacial score (nSPS) is 11.3. The van der Waals surface area contributed by atoms with E-state index in [9.17, 15) is 4.79 Å². The Labute approximate surface area is 130 Å². The Morgan fingerprint density at radius 1 is 1.27 bits per heavy atom. The van der Waals surface area contributed by atoms with Gasteiger partial charge in [-0.25, -0.2) is 4.79 Å². The Kier molecular flexibility index (Phi) is 4.82. The number of hydrogen-bond acceptors (Lipinski definition) is 4. The third kappa shape index (κ3) is 4.33. The second-order valence-corrected chi connectivity index (χ2v) is 6.16. The molecule has 0 fully saturated rings. The quantitative estimate of drug-likeness (QED) is 0.809. The molecule has 0 atom stereocenters. The lowest BCUT2D eigenvalue weighted by Gasteiger charge is -2.12. The highest BCUT2D eigenvalue weighted by molar-refractivity contribution is 5.88. The van der Waals surface area contributed by atoms with Gasteiger partial charge in [0, 0.05) is 24.6 Å². The van der Waals surface area contributed by atoms with Crippen molar-refractivity contribution in [1.82, 2.24) is 10.5 Å². The minimum absolute atomic E-state index is 0.147. The molecule has 0 saturated heterocycles. The molecular formula is C16H22N4O2. The maximum atomic E-state index is 11.9. The molecular weight excluding hydrogens is 280 g/mol. The van der Waals surface area contributed by atoms with Crippen LogP contribution in [0.4, 0.5) is 10.6 Å².